The van der Waals surface area contributed by atoms with Crippen LogP contribution >= 0.6 is 27.5 Å². The standard InChI is InChI=1S/C15H13BrClFN2O3S/c1-19-24(22,23)14-8-11(4-5-12(14)16)20-15(21)6-9-2-3-10(18)7-13(9)17/h2-5,7-8,19H,6H2,1H3,(H,20,21). The highest BCUT2D eigenvalue weighted by Crippen LogP contribution is 2.25. The van der Waals surface area contributed by atoms with E-state index in [4.69, 9.17) is 11.6 Å². The molecule has 2 aromatic carbocycles. The van der Waals surface area contributed by atoms with Gasteiger partial charge in [-0.15, -0.1) is 0 Å². The summed E-state index contributed by atoms with van der Waals surface area (Å²) in [6, 6.07) is 8.18. The van der Waals surface area contributed by atoms with Gasteiger partial charge >= 0.3 is 0 Å². The quantitative estimate of drug-likeness (QED) is 0.756. The third-order valence-electron chi connectivity index (χ3n) is 3.14. The lowest BCUT2D eigenvalue weighted by Gasteiger charge is -2.10. The van der Waals surface area contributed by atoms with Crippen LogP contribution < -0.4 is 10.0 Å². The van der Waals surface area contributed by atoms with Crippen molar-refractivity contribution < 1.29 is 17.6 Å². The highest BCUT2D eigenvalue weighted by atomic mass is 79.9. The molecule has 0 saturated heterocycles. The second kappa shape index (κ2) is 7.60. The van der Waals surface area contributed by atoms with Gasteiger partial charge in [-0.25, -0.2) is 17.5 Å². The number of rotatable bonds is 5. The SMILES string of the molecule is CNS(=O)(=O)c1cc(NC(=O)Cc2ccc(F)cc2Cl)ccc1Br. The summed E-state index contributed by atoms with van der Waals surface area (Å²) in [6.45, 7) is 0. The maximum atomic E-state index is 13.0. The van der Waals surface area contributed by atoms with Crippen LogP contribution in [0.4, 0.5) is 10.1 Å². The van der Waals surface area contributed by atoms with Crippen LogP contribution in [0, 0.1) is 5.82 Å². The summed E-state index contributed by atoms with van der Waals surface area (Å²) in [4.78, 5) is 12.1. The molecule has 0 fully saturated rings. The first-order valence-electron chi connectivity index (χ1n) is 6.70. The number of hydrogen-bond donors (Lipinski definition) is 2. The van der Waals surface area contributed by atoms with Crippen molar-refractivity contribution in [2.24, 2.45) is 0 Å². The first kappa shape index (κ1) is 18.9. The first-order chi connectivity index (χ1) is 11.2. The molecule has 2 N–H and O–H groups in total. The number of hydrogen-bond acceptors (Lipinski definition) is 3. The normalized spacial score (nSPS) is 11.3. The molecule has 9 heteroatoms. The van der Waals surface area contributed by atoms with Crippen LogP contribution in [0.15, 0.2) is 45.8 Å². The van der Waals surface area contributed by atoms with E-state index in [1.807, 2.05) is 0 Å². The smallest absolute Gasteiger partial charge is 0.241 e. The number of carbonyl (C=O) groups is 1. The number of carbonyl (C=O) groups excluding carboxylic acids is 1. The van der Waals surface area contributed by atoms with E-state index in [9.17, 15) is 17.6 Å². The van der Waals surface area contributed by atoms with Crippen molar-refractivity contribution in [3.05, 3.63) is 57.3 Å². The zero-order chi connectivity index (χ0) is 17.9. The summed E-state index contributed by atoms with van der Waals surface area (Å²) in [6.07, 6.45) is -0.0662. The molecule has 1 amide bonds. The van der Waals surface area contributed by atoms with Gasteiger partial charge < -0.3 is 5.32 Å². The van der Waals surface area contributed by atoms with Crippen LogP contribution in [0.2, 0.25) is 5.02 Å². The highest BCUT2D eigenvalue weighted by Gasteiger charge is 2.17. The van der Waals surface area contributed by atoms with Crippen molar-refractivity contribution in [2.75, 3.05) is 12.4 Å². The minimum Gasteiger partial charge on any atom is -0.326 e. The predicted octanol–water partition coefficient (Wildman–Crippen LogP) is 3.33. The predicted molar refractivity (Wildman–Crippen MR) is 94.1 cm³/mol. The second-order valence-corrected chi connectivity index (χ2v) is 7.93. The topological polar surface area (TPSA) is 75.3 Å². The van der Waals surface area contributed by atoms with Gasteiger partial charge in [0, 0.05) is 15.2 Å². The molecule has 128 valence electrons. The van der Waals surface area contributed by atoms with Crippen LogP contribution in [0.1, 0.15) is 5.56 Å². The lowest BCUT2D eigenvalue weighted by molar-refractivity contribution is -0.115. The van der Waals surface area contributed by atoms with Crippen LogP contribution in [0.3, 0.4) is 0 Å². The van der Waals surface area contributed by atoms with Gasteiger partial charge in [-0.3, -0.25) is 4.79 Å². The van der Waals surface area contributed by atoms with Crippen molar-refractivity contribution in [1.82, 2.24) is 4.72 Å². The summed E-state index contributed by atoms with van der Waals surface area (Å²) in [5.41, 5.74) is 0.783. The van der Waals surface area contributed by atoms with E-state index in [1.54, 1.807) is 6.07 Å². The van der Waals surface area contributed by atoms with Crippen LogP contribution in [0.5, 0.6) is 0 Å². The molecule has 0 radical (unpaired) electrons. The van der Waals surface area contributed by atoms with Crippen LogP contribution in [-0.2, 0) is 21.2 Å². The van der Waals surface area contributed by atoms with Gasteiger partial charge in [-0.2, -0.15) is 0 Å². The van der Waals surface area contributed by atoms with E-state index in [-0.39, 0.29) is 16.3 Å². The Morgan fingerprint density at radius 1 is 1.25 bits per heavy atom. The number of sulfonamides is 1. The lowest BCUT2D eigenvalue weighted by Crippen LogP contribution is -2.20. The molecule has 0 heterocycles. The molecule has 0 aliphatic carbocycles. The molecule has 2 aromatic rings. The van der Waals surface area contributed by atoms with Crippen LogP contribution in [0.25, 0.3) is 0 Å². The molecule has 0 atom stereocenters. The molecule has 0 aliphatic heterocycles. The van der Waals surface area contributed by atoms with Gasteiger partial charge in [0.25, 0.3) is 0 Å². The Balaban J connectivity index is 2.19. The van der Waals surface area contributed by atoms with E-state index < -0.39 is 21.7 Å². The van der Waals surface area contributed by atoms with Crippen molar-refractivity contribution in [2.45, 2.75) is 11.3 Å². The summed E-state index contributed by atoms with van der Waals surface area (Å²) in [5.74, 6) is -0.891. The molecular formula is C15H13BrClFN2O3S. The fourth-order valence-corrected chi connectivity index (χ4v) is 3.89. The first-order valence-corrected chi connectivity index (χ1v) is 9.35. The molecule has 0 unspecified atom stereocenters. The minimum absolute atomic E-state index is 0.00242. The Morgan fingerprint density at radius 3 is 2.58 bits per heavy atom. The third kappa shape index (κ3) is 4.54. The summed E-state index contributed by atoms with van der Waals surface area (Å²) < 4.78 is 39.4. The molecule has 0 aromatic heterocycles. The zero-order valence-corrected chi connectivity index (χ0v) is 15.6. The minimum atomic E-state index is -3.67. The number of anilines is 1. The fourth-order valence-electron chi connectivity index (χ4n) is 1.94. The maximum absolute atomic E-state index is 13.0. The number of halogens is 3. The van der Waals surface area contributed by atoms with E-state index in [1.165, 1.54) is 31.3 Å². The van der Waals surface area contributed by atoms with Gasteiger partial charge in [-0.1, -0.05) is 17.7 Å². The number of amides is 1. The summed E-state index contributed by atoms with van der Waals surface area (Å²) in [7, 11) is -2.37. The average molecular weight is 436 g/mol. The molecule has 24 heavy (non-hydrogen) atoms. The summed E-state index contributed by atoms with van der Waals surface area (Å²) >= 11 is 9.05. The Bertz CT molecular complexity index is 890. The third-order valence-corrected chi connectivity index (χ3v) is 5.90. The van der Waals surface area contributed by atoms with Crippen molar-refractivity contribution >= 4 is 49.1 Å². The monoisotopic (exact) mass is 434 g/mol. The highest BCUT2D eigenvalue weighted by molar-refractivity contribution is 9.10. The number of nitrogens with one attached hydrogen (secondary N) is 2. The van der Waals surface area contributed by atoms with Crippen LogP contribution in [-0.4, -0.2) is 21.4 Å². The van der Waals surface area contributed by atoms with Crippen molar-refractivity contribution in [3.8, 4) is 0 Å². The van der Waals surface area contributed by atoms with E-state index in [0.717, 1.165) is 6.07 Å². The van der Waals surface area contributed by atoms with Gasteiger partial charge in [0.05, 0.1) is 11.3 Å². The number of benzene rings is 2. The maximum Gasteiger partial charge on any atom is 0.241 e. The van der Waals surface area contributed by atoms with Crippen molar-refractivity contribution in [3.63, 3.8) is 0 Å². The molecule has 0 aliphatic rings. The molecule has 0 saturated carbocycles. The molecule has 0 spiro atoms. The Kier molecular flexibility index (Phi) is 5.97. The van der Waals surface area contributed by atoms with Gasteiger partial charge in [-0.05, 0) is 58.9 Å². The molecular weight excluding hydrogens is 423 g/mol. The van der Waals surface area contributed by atoms with E-state index in [2.05, 4.69) is 26.0 Å². The molecule has 5 nitrogen and oxygen atoms in total. The lowest BCUT2D eigenvalue weighted by atomic mass is 10.1. The van der Waals surface area contributed by atoms with Gasteiger partial charge in [0.15, 0.2) is 0 Å². The van der Waals surface area contributed by atoms with Gasteiger partial charge in [0.2, 0.25) is 15.9 Å². The Morgan fingerprint density at radius 2 is 1.96 bits per heavy atom. The molecule has 2 rings (SSSR count). The summed E-state index contributed by atoms with van der Waals surface area (Å²) in [5, 5.41) is 2.74. The van der Waals surface area contributed by atoms with E-state index >= 15 is 0 Å². The van der Waals surface area contributed by atoms with Crippen molar-refractivity contribution in [1.29, 1.82) is 0 Å². The Labute approximate surface area is 152 Å². The van der Waals surface area contributed by atoms with E-state index in [0.29, 0.717) is 15.7 Å². The zero-order valence-electron chi connectivity index (χ0n) is 12.4. The largest absolute Gasteiger partial charge is 0.326 e. The molecule has 0 bridgehead atoms. The van der Waals surface area contributed by atoms with Gasteiger partial charge in [0.1, 0.15) is 5.82 Å². The Hall–Kier alpha value is -1.48. The second-order valence-electron chi connectivity index (χ2n) is 4.81. The fraction of sp³-hybridized carbons (Fsp3) is 0.133. The average Bonchev–Trinajstić information content (AvgIpc) is 2.52.